The molecular formula is C17H17BrN2S. The molecule has 0 aliphatic rings. The summed E-state index contributed by atoms with van der Waals surface area (Å²) in [7, 11) is 2.01. The SMILES string of the molecule is CNC(Cc1nc2ccccc2s1)c1ccc(Br)cc1C. The number of para-hydroxylation sites is 1. The average Bonchev–Trinajstić information content (AvgIpc) is 2.87. The lowest BCUT2D eigenvalue weighted by molar-refractivity contribution is 0.588. The van der Waals surface area contributed by atoms with E-state index in [1.165, 1.54) is 20.8 Å². The fourth-order valence-corrected chi connectivity index (χ4v) is 4.07. The molecular weight excluding hydrogens is 344 g/mol. The van der Waals surface area contributed by atoms with E-state index in [1.54, 1.807) is 11.3 Å². The Labute approximate surface area is 137 Å². The summed E-state index contributed by atoms with van der Waals surface area (Å²) in [5.74, 6) is 0. The Morgan fingerprint density at radius 3 is 2.76 bits per heavy atom. The van der Waals surface area contributed by atoms with E-state index in [2.05, 4.69) is 64.6 Å². The molecule has 0 spiro atoms. The molecule has 0 saturated carbocycles. The second-order valence-electron chi connectivity index (χ2n) is 5.12. The highest BCUT2D eigenvalue weighted by Gasteiger charge is 2.15. The normalized spacial score (nSPS) is 12.7. The second kappa shape index (κ2) is 6.26. The van der Waals surface area contributed by atoms with E-state index in [4.69, 9.17) is 4.98 Å². The van der Waals surface area contributed by atoms with Crippen molar-refractivity contribution in [3.05, 3.63) is 63.1 Å². The van der Waals surface area contributed by atoms with Gasteiger partial charge in [0.2, 0.25) is 0 Å². The van der Waals surface area contributed by atoms with Gasteiger partial charge < -0.3 is 5.32 Å². The molecule has 2 aromatic carbocycles. The zero-order valence-electron chi connectivity index (χ0n) is 12.1. The summed E-state index contributed by atoms with van der Waals surface area (Å²) >= 11 is 5.31. The Kier molecular flexibility index (Phi) is 4.38. The number of thiazole rings is 1. The fraction of sp³-hybridized carbons (Fsp3) is 0.235. The fourth-order valence-electron chi connectivity index (χ4n) is 2.58. The van der Waals surface area contributed by atoms with E-state index >= 15 is 0 Å². The van der Waals surface area contributed by atoms with Crippen LogP contribution >= 0.6 is 27.3 Å². The van der Waals surface area contributed by atoms with Gasteiger partial charge in [0.15, 0.2) is 0 Å². The molecule has 1 heterocycles. The smallest absolute Gasteiger partial charge is 0.0957 e. The van der Waals surface area contributed by atoms with Gasteiger partial charge in [-0.25, -0.2) is 4.98 Å². The minimum atomic E-state index is 0.290. The highest BCUT2D eigenvalue weighted by atomic mass is 79.9. The molecule has 0 bridgehead atoms. The van der Waals surface area contributed by atoms with Crippen molar-refractivity contribution in [1.29, 1.82) is 0 Å². The van der Waals surface area contributed by atoms with Crippen LogP contribution in [0.3, 0.4) is 0 Å². The number of nitrogens with one attached hydrogen (secondary N) is 1. The van der Waals surface area contributed by atoms with E-state index in [-0.39, 0.29) is 0 Å². The molecule has 1 N–H and O–H groups in total. The van der Waals surface area contributed by atoms with Crippen molar-refractivity contribution in [3.63, 3.8) is 0 Å². The van der Waals surface area contributed by atoms with Crippen molar-refractivity contribution in [2.45, 2.75) is 19.4 Å². The van der Waals surface area contributed by atoms with Crippen LogP contribution in [0, 0.1) is 6.92 Å². The third kappa shape index (κ3) is 3.18. The van der Waals surface area contributed by atoms with Crippen LogP contribution in [0.4, 0.5) is 0 Å². The van der Waals surface area contributed by atoms with Gasteiger partial charge in [0.05, 0.1) is 15.2 Å². The quantitative estimate of drug-likeness (QED) is 0.717. The van der Waals surface area contributed by atoms with E-state index in [1.807, 2.05) is 13.1 Å². The van der Waals surface area contributed by atoms with E-state index in [0.717, 1.165) is 16.4 Å². The lowest BCUT2D eigenvalue weighted by atomic mass is 9.99. The van der Waals surface area contributed by atoms with Gasteiger partial charge in [-0.3, -0.25) is 0 Å². The largest absolute Gasteiger partial charge is 0.313 e. The number of aromatic nitrogens is 1. The summed E-state index contributed by atoms with van der Waals surface area (Å²) in [6.45, 7) is 2.16. The minimum absolute atomic E-state index is 0.290. The van der Waals surface area contributed by atoms with Crippen molar-refractivity contribution >= 4 is 37.5 Å². The second-order valence-corrected chi connectivity index (χ2v) is 7.15. The van der Waals surface area contributed by atoms with Gasteiger partial charge in [0.25, 0.3) is 0 Å². The summed E-state index contributed by atoms with van der Waals surface area (Å²) in [5.41, 5.74) is 3.73. The molecule has 1 atom stereocenters. The standard InChI is InChI=1S/C17H17BrN2S/c1-11-9-12(18)7-8-13(11)15(19-2)10-17-20-14-5-3-4-6-16(14)21-17/h3-9,15,19H,10H2,1-2H3. The maximum Gasteiger partial charge on any atom is 0.0957 e. The topological polar surface area (TPSA) is 24.9 Å². The zero-order valence-corrected chi connectivity index (χ0v) is 14.5. The monoisotopic (exact) mass is 360 g/mol. The number of rotatable bonds is 4. The van der Waals surface area contributed by atoms with Gasteiger partial charge >= 0.3 is 0 Å². The minimum Gasteiger partial charge on any atom is -0.313 e. The summed E-state index contributed by atoms with van der Waals surface area (Å²) in [6, 6.07) is 15.1. The summed E-state index contributed by atoms with van der Waals surface area (Å²) in [5, 5.41) is 4.60. The molecule has 0 radical (unpaired) electrons. The number of nitrogens with zero attached hydrogens (tertiary/aromatic N) is 1. The summed E-state index contributed by atoms with van der Waals surface area (Å²) in [6.07, 6.45) is 0.915. The lowest BCUT2D eigenvalue weighted by Crippen LogP contribution is -2.19. The number of aryl methyl sites for hydroxylation is 1. The maximum absolute atomic E-state index is 4.74. The van der Waals surface area contributed by atoms with Crippen LogP contribution in [-0.2, 0) is 6.42 Å². The van der Waals surface area contributed by atoms with Gasteiger partial charge in [0, 0.05) is 16.9 Å². The summed E-state index contributed by atoms with van der Waals surface area (Å²) in [4.78, 5) is 4.74. The first kappa shape index (κ1) is 14.7. The Morgan fingerprint density at radius 1 is 1.24 bits per heavy atom. The van der Waals surface area contributed by atoms with Crippen molar-refractivity contribution in [2.24, 2.45) is 0 Å². The van der Waals surface area contributed by atoms with Gasteiger partial charge in [-0.1, -0.05) is 34.1 Å². The Balaban J connectivity index is 1.90. The Hall–Kier alpha value is -1.23. The van der Waals surface area contributed by atoms with E-state index < -0.39 is 0 Å². The molecule has 3 aromatic rings. The van der Waals surface area contributed by atoms with Crippen LogP contribution in [0.15, 0.2) is 46.9 Å². The Bertz CT molecular complexity index is 733. The molecule has 4 heteroatoms. The third-order valence-electron chi connectivity index (χ3n) is 3.67. The van der Waals surface area contributed by atoms with Gasteiger partial charge in [-0.05, 0) is 49.4 Å². The molecule has 21 heavy (non-hydrogen) atoms. The molecule has 2 nitrogen and oxygen atoms in total. The number of halogens is 1. The van der Waals surface area contributed by atoms with Crippen LogP contribution in [-0.4, -0.2) is 12.0 Å². The molecule has 1 aromatic heterocycles. The molecule has 108 valence electrons. The maximum atomic E-state index is 4.74. The number of hydrogen-bond donors (Lipinski definition) is 1. The highest BCUT2D eigenvalue weighted by Crippen LogP contribution is 2.28. The van der Waals surface area contributed by atoms with Crippen LogP contribution < -0.4 is 5.32 Å². The number of benzene rings is 2. The predicted octanol–water partition coefficient (Wildman–Crippen LogP) is 4.87. The predicted molar refractivity (Wildman–Crippen MR) is 94.0 cm³/mol. The van der Waals surface area contributed by atoms with Crippen LogP contribution in [0.1, 0.15) is 22.2 Å². The molecule has 0 fully saturated rings. The van der Waals surface area contributed by atoms with E-state index in [0.29, 0.717) is 6.04 Å². The van der Waals surface area contributed by atoms with Crippen molar-refractivity contribution < 1.29 is 0 Å². The summed E-state index contributed by atoms with van der Waals surface area (Å²) < 4.78 is 2.38. The van der Waals surface area contributed by atoms with Gasteiger partial charge in [0.1, 0.15) is 0 Å². The third-order valence-corrected chi connectivity index (χ3v) is 5.22. The first-order valence-electron chi connectivity index (χ1n) is 6.95. The van der Waals surface area contributed by atoms with Crippen molar-refractivity contribution in [2.75, 3.05) is 7.05 Å². The zero-order chi connectivity index (χ0) is 14.8. The van der Waals surface area contributed by atoms with Crippen molar-refractivity contribution in [1.82, 2.24) is 10.3 Å². The molecule has 3 rings (SSSR count). The first-order valence-corrected chi connectivity index (χ1v) is 8.56. The highest BCUT2D eigenvalue weighted by molar-refractivity contribution is 9.10. The van der Waals surface area contributed by atoms with Gasteiger partial charge in [-0.2, -0.15) is 0 Å². The molecule has 0 saturated heterocycles. The first-order chi connectivity index (χ1) is 10.2. The van der Waals surface area contributed by atoms with E-state index in [9.17, 15) is 0 Å². The molecule has 0 amide bonds. The van der Waals surface area contributed by atoms with Crippen LogP contribution in [0.25, 0.3) is 10.2 Å². The average molecular weight is 361 g/mol. The molecule has 0 aliphatic carbocycles. The van der Waals surface area contributed by atoms with Crippen molar-refractivity contribution in [3.8, 4) is 0 Å². The van der Waals surface area contributed by atoms with Gasteiger partial charge in [-0.15, -0.1) is 11.3 Å². The van der Waals surface area contributed by atoms with Crippen LogP contribution in [0.2, 0.25) is 0 Å². The Morgan fingerprint density at radius 2 is 2.05 bits per heavy atom. The lowest BCUT2D eigenvalue weighted by Gasteiger charge is -2.18. The number of hydrogen-bond acceptors (Lipinski definition) is 3. The molecule has 1 unspecified atom stereocenters. The molecule has 0 aliphatic heterocycles. The number of likely N-dealkylation sites (N-methyl/N-ethyl adjacent to an activating group) is 1. The van der Waals surface area contributed by atoms with Crippen LogP contribution in [0.5, 0.6) is 0 Å². The number of fused-ring (bicyclic) bond motifs is 1.